The van der Waals surface area contributed by atoms with Crippen LogP contribution in [0.4, 0.5) is 11.4 Å². The fourth-order valence-corrected chi connectivity index (χ4v) is 2.89. The minimum absolute atomic E-state index is 0.564. The van der Waals surface area contributed by atoms with Gasteiger partial charge < -0.3 is 5.32 Å². The number of anilines is 2. The van der Waals surface area contributed by atoms with Gasteiger partial charge in [-0.25, -0.2) is 0 Å². The molecule has 2 aromatic carbocycles. The van der Waals surface area contributed by atoms with Gasteiger partial charge >= 0.3 is 0 Å². The molecule has 0 radical (unpaired) electrons. The lowest BCUT2D eigenvalue weighted by Gasteiger charge is -2.15. The van der Waals surface area contributed by atoms with Gasteiger partial charge in [0.2, 0.25) is 0 Å². The second-order valence-electron chi connectivity index (χ2n) is 5.20. The summed E-state index contributed by atoms with van der Waals surface area (Å²) < 4.78 is 1.03. The number of rotatable bonds is 4. The first-order valence-electron chi connectivity index (χ1n) is 7.31. The standard InChI is InChI=1S/C19H17BrN2/c20-15-9-6-10-16(13-15)22-18-12-5-4-11-17(18)19(21)14-7-2-1-3-8-14/h2,4-13,21-22H,1,3H2. The third-order valence-electron chi connectivity index (χ3n) is 3.58. The van der Waals surface area contributed by atoms with Crippen LogP contribution in [0, 0.1) is 5.41 Å². The van der Waals surface area contributed by atoms with Gasteiger partial charge in [0.15, 0.2) is 0 Å². The number of hydrogen-bond donors (Lipinski definition) is 2. The minimum atomic E-state index is 0.564. The van der Waals surface area contributed by atoms with Crippen LogP contribution in [-0.4, -0.2) is 5.71 Å². The zero-order valence-electron chi connectivity index (χ0n) is 12.1. The SMILES string of the molecule is N=C(C1=CCCC=C1)c1ccccc1Nc1cccc(Br)c1. The van der Waals surface area contributed by atoms with Gasteiger partial charge in [0.1, 0.15) is 0 Å². The maximum atomic E-state index is 8.50. The highest BCUT2D eigenvalue weighted by Gasteiger charge is 2.11. The van der Waals surface area contributed by atoms with Crippen LogP contribution in [0.5, 0.6) is 0 Å². The molecule has 0 spiro atoms. The number of hydrogen-bond acceptors (Lipinski definition) is 2. The number of allylic oxidation sites excluding steroid dienone is 4. The van der Waals surface area contributed by atoms with E-state index in [1.807, 2.05) is 54.6 Å². The quantitative estimate of drug-likeness (QED) is 0.666. The molecule has 2 N–H and O–H groups in total. The summed E-state index contributed by atoms with van der Waals surface area (Å²) in [6.45, 7) is 0. The predicted octanol–water partition coefficient (Wildman–Crippen LogP) is 5.84. The highest BCUT2D eigenvalue weighted by Crippen LogP contribution is 2.26. The molecular weight excluding hydrogens is 336 g/mol. The van der Waals surface area contributed by atoms with Crippen LogP contribution in [0.3, 0.4) is 0 Å². The molecule has 2 aromatic rings. The maximum absolute atomic E-state index is 8.50. The third kappa shape index (κ3) is 3.37. The zero-order valence-corrected chi connectivity index (χ0v) is 13.7. The first-order valence-corrected chi connectivity index (χ1v) is 8.11. The molecule has 0 fully saturated rings. The third-order valence-corrected chi connectivity index (χ3v) is 4.08. The van der Waals surface area contributed by atoms with Crippen LogP contribution in [0.2, 0.25) is 0 Å². The number of para-hydroxylation sites is 1. The van der Waals surface area contributed by atoms with E-state index in [0.29, 0.717) is 5.71 Å². The lowest BCUT2D eigenvalue weighted by Crippen LogP contribution is -2.07. The summed E-state index contributed by atoms with van der Waals surface area (Å²) in [5, 5.41) is 11.9. The summed E-state index contributed by atoms with van der Waals surface area (Å²) in [6.07, 6.45) is 8.39. The van der Waals surface area contributed by atoms with Crippen molar-refractivity contribution in [1.82, 2.24) is 0 Å². The van der Waals surface area contributed by atoms with Crippen molar-refractivity contribution in [3.63, 3.8) is 0 Å². The lowest BCUT2D eigenvalue weighted by atomic mass is 9.96. The number of benzene rings is 2. The number of halogens is 1. The first kappa shape index (κ1) is 14.8. The summed E-state index contributed by atoms with van der Waals surface area (Å²) in [7, 11) is 0. The van der Waals surface area contributed by atoms with Crippen LogP contribution >= 0.6 is 15.9 Å². The van der Waals surface area contributed by atoms with E-state index in [0.717, 1.165) is 39.8 Å². The average molecular weight is 353 g/mol. The first-order chi connectivity index (χ1) is 10.7. The normalized spacial score (nSPS) is 13.6. The summed E-state index contributed by atoms with van der Waals surface area (Å²) >= 11 is 3.49. The van der Waals surface area contributed by atoms with Crippen LogP contribution in [0.1, 0.15) is 18.4 Å². The predicted molar refractivity (Wildman–Crippen MR) is 97.2 cm³/mol. The molecule has 0 aromatic heterocycles. The smallest absolute Gasteiger partial charge is 0.0702 e. The molecule has 0 bridgehead atoms. The van der Waals surface area contributed by atoms with Crippen molar-refractivity contribution in [2.45, 2.75) is 12.8 Å². The molecular formula is C19H17BrN2. The molecule has 110 valence electrons. The summed E-state index contributed by atoms with van der Waals surface area (Å²) in [6, 6.07) is 16.0. The van der Waals surface area contributed by atoms with Gasteiger partial charge in [0, 0.05) is 21.4 Å². The molecule has 0 amide bonds. The Morgan fingerprint density at radius 3 is 2.68 bits per heavy atom. The Bertz CT molecular complexity index is 760. The van der Waals surface area contributed by atoms with Gasteiger partial charge in [-0.2, -0.15) is 0 Å². The second kappa shape index (κ2) is 6.75. The lowest BCUT2D eigenvalue weighted by molar-refractivity contribution is 1.03. The fourth-order valence-electron chi connectivity index (χ4n) is 2.49. The minimum Gasteiger partial charge on any atom is -0.355 e. The number of nitrogens with one attached hydrogen (secondary N) is 2. The van der Waals surface area contributed by atoms with Crippen molar-refractivity contribution in [2.24, 2.45) is 0 Å². The summed E-state index contributed by atoms with van der Waals surface area (Å²) in [5.74, 6) is 0. The molecule has 1 aliphatic rings. The Kier molecular flexibility index (Phi) is 4.54. The van der Waals surface area contributed by atoms with Crippen molar-refractivity contribution in [3.8, 4) is 0 Å². The van der Waals surface area contributed by atoms with Gasteiger partial charge in [0.25, 0.3) is 0 Å². The maximum Gasteiger partial charge on any atom is 0.0702 e. The van der Waals surface area contributed by atoms with Gasteiger partial charge in [-0.15, -0.1) is 0 Å². The van der Waals surface area contributed by atoms with Gasteiger partial charge in [-0.05, 0) is 42.7 Å². The van der Waals surface area contributed by atoms with Crippen molar-refractivity contribution < 1.29 is 0 Å². The Labute approximate surface area is 139 Å². The van der Waals surface area contributed by atoms with Crippen molar-refractivity contribution in [3.05, 3.63) is 82.4 Å². The molecule has 3 heteroatoms. The molecule has 0 saturated carbocycles. The van der Waals surface area contributed by atoms with Gasteiger partial charge in [0.05, 0.1) is 5.71 Å². The Balaban J connectivity index is 1.91. The van der Waals surface area contributed by atoms with E-state index in [4.69, 9.17) is 5.41 Å². The topological polar surface area (TPSA) is 35.9 Å². The van der Waals surface area contributed by atoms with Crippen LogP contribution in [0.25, 0.3) is 0 Å². The van der Waals surface area contributed by atoms with Crippen LogP contribution < -0.4 is 5.32 Å². The Morgan fingerprint density at radius 2 is 1.91 bits per heavy atom. The van der Waals surface area contributed by atoms with Crippen LogP contribution in [-0.2, 0) is 0 Å². The highest BCUT2D eigenvalue weighted by atomic mass is 79.9. The van der Waals surface area contributed by atoms with Gasteiger partial charge in [-0.3, -0.25) is 5.41 Å². The van der Waals surface area contributed by atoms with E-state index in [1.165, 1.54) is 0 Å². The monoisotopic (exact) mass is 352 g/mol. The van der Waals surface area contributed by atoms with Gasteiger partial charge in [-0.1, -0.05) is 58.4 Å². The fraction of sp³-hybridized carbons (Fsp3) is 0.105. The van der Waals surface area contributed by atoms with E-state index < -0.39 is 0 Å². The molecule has 0 atom stereocenters. The molecule has 0 unspecified atom stereocenters. The molecule has 0 heterocycles. The van der Waals surface area contributed by atoms with Crippen molar-refractivity contribution in [1.29, 1.82) is 5.41 Å². The van der Waals surface area contributed by atoms with Crippen molar-refractivity contribution in [2.75, 3.05) is 5.32 Å². The molecule has 22 heavy (non-hydrogen) atoms. The Hall–Kier alpha value is -2.13. The van der Waals surface area contributed by atoms with E-state index >= 15 is 0 Å². The average Bonchev–Trinajstić information content (AvgIpc) is 2.56. The highest BCUT2D eigenvalue weighted by molar-refractivity contribution is 9.10. The zero-order chi connectivity index (χ0) is 15.4. The summed E-state index contributed by atoms with van der Waals surface area (Å²) in [5.41, 5.74) is 4.43. The molecule has 2 nitrogen and oxygen atoms in total. The van der Waals surface area contributed by atoms with E-state index in [1.54, 1.807) is 0 Å². The van der Waals surface area contributed by atoms with E-state index in [-0.39, 0.29) is 0 Å². The van der Waals surface area contributed by atoms with Crippen LogP contribution in [0.15, 0.2) is 76.8 Å². The van der Waals surface area contributed by atoms with E-state index in [9.17, 15) is 0 Å². The summed E-state index contributed by atoms with van der Waals surface area (Å²) in [4.78, 5) is 0. The molecule has 0 aliphatic heterocycles. The van der Waals surface area contributed by atoms with Crippen molar-refractivity contribution >= 4 is 33.0 Å². The molecule has 0 saturated heterocycles. The van der Waals surface area contributed by atoms with E-state index in [2.05, 4.69) is 33.4 Å². The largest absolute Gasteiger partial charge is 0.355 e. The second-order valence-corrected chi connectivity index (χ2v) is 6.11. The molecule has 3 rings (SSSR count). The Morgan fingerprint density at radius 1 is 1.05 bits per heavy atom. The molecule has 1 aliphatic carbocycles.